The van der Waals surface area contributed by atoms with Crippen LogP contribution in [-0.2, 0) is 6.54 Å². The highest BCUT2D eigenvalue weighted by Crippen LogP contribution is 2.24. The van der Waals surface area contributed by atoms with Gasteiger partial charge in [0, 0.05) is 19.6 Å². The Hall–Kier alpha value is -1.76. The number of nitrogens with one attached hydrogen (secondary N) is 1. The van der Waals surface area contributed by atoms with Crippen LogP contribution < -0.4 is 21.9 Å². The lowest BCUT2D eigenvalue weighted by Gasteiger charge is -2.36. The van der Waals surface area contributed by atoms with Crippen LogP contribution in [0.1, 0.15) is 26.7 Å². The van der Waals surface area contributed by atoms with Crippen LogP contribution in [0.4, 0.5) is 11.5 Å². The first-order valence-electron chi connectivity index (χ1n) is 7.01. The predicted octanol–water partition coefficient (Wildman–Crippen LogP) is -0.264. The minimum atomic E-state index is -0.469. The first-order chi connectivity index (χ1) is 9.45. The third-order valence-corrected chi connectivity index (χ3v) is 3.84. The molecule has 0 spiro atoms. The van der Waals surface area contributed by atoms with E-state index in [1.165, 1.54) is 4.57 Å². The second-order valence-electron chi connectivity index (χ2n) is 5.42. The van der Waals surface area contributed by atoms with Crippen molar-refractivity contribution in [3.8, 4) is 0 Å². The molecule has 0 amide bonds. The predicted molar refractivity (Wildman–Crippen MR) is 78.0 cm³/mol. The van der Waals surface area contributed by atoms with Gasteiger partial charge >= 0.3 is 5.69 Å². The lowest BCUT2D eigenvalue weighted by molar-refractivity contribution is 0.0970. The van der Waals surface area contributed by atoms with Crippen LogP contribution in [0.15, 0.2) is 9.59 Å². The number of aliphatic hydroxyl groups is 1. The molecule has 0 aliphatic carbocycles. The molecular formula is C13H22N4O3. The monoisotopic (exact) mass is 282 g/mol. The van der Waals surface area contributed by atoms with Gasteiger partial charge in [0.15, 0.2) is 0 Å². The van der Waals surface area contributed by atoms with Crippen LogP contribution in [0, 0.1) is 5.92 Å². The van der Waals surface area contributed by atoms with Gasteiger partial charge in [-0.25, -0.2) is 4.79 Å². The normalized spacial score (nSPS) is 23.1. The molecule has 0 radical (unpaired) electrons. The molecular weight excluding hydrogens is 260 g/mol. The van der Waals surface area contributed by atoms with Gasteiger partial charge in [-0.2, -0.15) is 0 Å². The number of aromatic amines is 1. The quantitative estimate of drug-likeness (QED) is 0.708. The van der Waals surface area contributed by atoms with Crippen molar-refractivity contribution in [2.45, 2.75) is 39.3 Å². The molecule has 7 nitrogen and oxygen atoms in total. The molecule has 7 heteroatoms. The molecule has 2 unspecified atom stereocenters. The van der Waals surface area contributed by atoms with E-state index in [9.17, 15) is 14.7 Å². The number of anilines is 2. The zero-order valence-electron chi connectivity index (χ0n) is 11.9. The number of aromatic nitrogens is 2. The average molecular weight is 282 g/mol. The van der Waals surface area contributed by atoms with Crippen LogP contribution >= 0.6 is 0 Å². The number of hydrogen-bond acceptors (Lipinski definition) is 5. The molecule has 0 saturated carbocycles. The van der Waals surface area contributed by atoms with E-state index in [0.29, 0.717) is 31.7 Å². The van der Waals surface area contributed by atoms with Gasteiger partial charge in [-0.3, -0.25) is 14.3 Å². The van der Waals surface area contributed by atoms with E-state index in [2.05, 4.69) is 4.98 Å². The van der Waals surface area contributed by atoms with E-state index in [1.807, 2.05) is 18.7 Å². The zero-order chi connectivity index (χ0) is 14.9. The van der Waals surface area contributed by atoms with E-state index >= 15 is 0 Å². The van der Waals surface area contributed by atoms with Gasteiger partial charge in [-0.05, 0) is 18.8 Å². The van der Waals surface area contributed by atoms with Crippen molar-refractivity contribution in [2.24, 2.45) is 5.92 Å². The summed E-state index contributed by atoms with van der Waals surface area (Å²) in [4.78, 5) is 28.0. The standard InChI is InChI=1S/C13H22N4O3/c1-3-5-17-11(14)10(12(19)15-13(17)20)16-6-4-9(18)8(2)7-16/h8-9,18H,3-7,14H2,1-2H3,(H,15,19,20). The molecule has 112 valence electrons. The Kier molecular flexibility index (Phi) is 4.17. The van der Waals surface area contributed by atoms with Crippen LogP contribution in [-0.4, -0.2) is 33.9 Å². The van der Waals surface area contributed by atoms with Gasteiger partial charge in [0.1, 0.15) is 11.5 Å². The fraction of sp³-hybridized carbons (Fsp3) is 0.692. The van der Waals surface area contributed by atoms with Crippen LogP contribution in [0.5, 0.6) is 0 Å². The van der Waals surface area contributed by atoms with Crippen molar-refractivity contribution in [1.29, 1.82) is 0 Å². The van der Waals surface area contributed by atoms with Crippen LogP contribution in [0.2, 0.25) is 0 Å². The first-order valence-corrected chi connectivity index (χ1v) is 7.01. The molecule has 2 heterocycles. The summed E-state index contributed by atoms with van der Waals surface area (Å²) >= 11 is 0. The Bertz CT molecular complexity index is 592. The van der Waals surface area contributed by atoms with Gasteiger partial charge in [-0.1, -0.05) is 13.8 Å². The maximum absolute atomic E-state index is 12.1. The molecule has 1 aromatic rings. The Labute approximate surface area is 117 Å². The molecule has 20 heavy (non-hydrogen) atoms. The highest BCUT2D eigenvalue weighted by Gasteiger charge is 2.27. The van der Waals surface area contributed by atoms with Crippen molar-refractivity contribution >= 4 is 11.5 Å². The summed E-state index contributed by atoms with van der Waals surface area (Å²) in [6, 6.07) is 0. The number of nitrogen functional groups attached to an aromatic ring is 1. The fourth-order valence-corrected chi connectivity index (χ4v) is 2.66. The summed E-state index contributed by atoms with van der Waals surface area (Å²) < 4.78 is 1.40. The number of piperidine rings is 1. The molecule has 0 bridgehead atoms. The molecule has 0 aromatic carbocycles. The molecule has 2 rings (SSSR count). The van der Waals surface area contributed by atoms with E-state index in [4.69, 9.17) is 5.73 Å². The third kappa shape index (κ3) is 2.58. The highest BCUT2D eigenvalue weighted by molar-refractivity contribution is 5.62. The van der Waals surface area contributed by atoms with Crippen molar-refractivity contribution in [3.63, 3.8) is 0 Å². The smallest absolute Gasteiger partial charge is 0.330 e. The van der Waals surface area contributed by atoms with Crippen molar-refractivity contribution < 1.29 is 5.11 Å². The van der Waals surface area contributed by atoms with E-state index in [1.54, 1.807) is 0 Å². The molecule has 1 aliphatic rings. The van der Waals surface area contributed by atoms with Gasteiger partial charge in [-0.15, -0.1) is 0 Å². The number of hydrogen-bond donors (Lipinski definition) is 3. The van der Waals surface area contributed by atoms with Crippen LogP contribution in [0.3, 0.4) is 0 Å². The summed E-state index contributed by atoms with van der Waals surface area (Å²) in [5.41, 5.74) is 5.44. The SMILES string of the molecule is CCCn1c(N)c(N2CCC(O)C(C)C2)c(=O)[nH]c1=O. The van der Waals surface area contributed by atoms with Crippen molar-refractivity contribution in [2.75, 3.05) is 23.7 Å². The number of nitrogens with zero attached hydrogens (tertiary/aromatic N) is 2. The largest absolute Gasteiger partial charge is 0.393 e. The maximum Gasteiger partial charge on any atom is 0.330 e. The topological polar surface area (TPSA) is 104 Å². The lowest BCUT2D eigenvalue weighted by atomic mass is 9.96. The first kappa shape index (κ1) is 14.6. The third-order valence-electron chi connectivity index (χ3n) is 3.84. The summed E-state index contributed by atoms with van der Waals surface area (Å²) in [5, 5.41) is 9.76. The molecule has 2 atom stereocenters. The van der Waals surface area contributed by atoms with E-state index in [0.717, 1.165) is 6.42 Å². The van der Waals surface area contributed by atoms with Crippen LogP contribution in [0.25, 0.3) is 0 Å². The minimum absolute atomic E-state index is 0.0640. The number of aliphatic hydroxyl groups excluding tert-OH is 1. The number of nitrogens with two attached hydrogens (primary N) is 1. The van der Waals surface area contributed by atoms with Crippen molar-refractivity contribution in [3.05, 3.63) is 20.8 Å². The Balaban J connectivity index is 2.44. The summed E-state index contributed by atoms with van der Waals surface area (Å²) in [5.74, 6) is 0.276. The minimum Gasteiger partial charge on any atom is -0.393 e. The Morgan fingerprint density at radius 3 is 2.75 bits per heavy atom. The maximum atomic E-state index is 12.1. The molecule has 1 fully saturated rings. The summed E-state index contributed by atoms with van der Waals surface area (Å²) in [6.45, 7) is 5.46. The van der Waals surface area contributed by atoms with Gasteiger partial charge in [0.05, 0.1) is 6.10 Å². The molecule has 1 saturated heterocycles. The second-order valence-corrected chi connectivity index (χ2v) is 5.42. The van der Waals surface area contributed by atoms with Gasteiger partial charge in [0.2, 0.25) is 0 Å². The Morgan fingerprint density at radius 1 is 1.45 bits per heavy atom. The van der Waals surface area contributed by atoms with Gasteiger partial charge < -0.3 is 15.7 Å². The fourth-order valence-electron chi connectivity index (χ4n) is 2.66. The number of H-pyrrole nitrogens is 1. The zero-order valence-corrected chi connectivity index (χ0v) is 11.9. The second kappa shape index (κ2) is 5.70. The summed E-state index contributed by atoms with van der Waals surface area (Å²) in [7, 11) is 0. The number of rotatable bonds is 3. The Morgan fingerprint density at radius 2 is 2.15 bits per heavy atom. The van der Waals surface area contributed by atoms with Gasteiger partial charge in [0.25, 0.3) is 5.56 Å². The molecule has 4 N–H and O–H groups in total. The van der Waals surface area contributed by atoms with E-state index in [-0.39, 0.29) is 17.8 Å². The van der Waals surface area contributed by atoms with E-state index < -0.39 is 11.2 Å². The summed E-state index contributed by atoms with van der Waals surface area (Å²) in [6.07, 6.45) is 0.991. The molecule has 1 aliphatic heterocycles. The highest BCUT2D eigenvalue weighted by atomic mass is 16.3. The van der Waals surface area contributed by atoms with Crippen molar-refractivity contribution in [1.82, 2.24) is 9.55 Å². The molecule has 1 aromatic heterocycles. The average Bonchev–Trinajstić information content (AvgIpc) is 2.38. The lowest BCUT2D eigenvalue weighted by Crippen LogP contribution is -2.46.